The van der Waals surface area contributed by atoms with Gasteiger partial charge in [-0.3, -0.25) is 4.79 Å². The van der Waals surface area contributed by atoms with Crippen molar-refractivity contribution >= 4 is 29.0 Å². The Labute approximate surface area is 145 Å². The molecule has 6 heteroatoms. The molecule has 0 aliphatic carbocycles. The molecule has 4 nitrogen and oxygen atoms in total. The van der Waals surface area contributed by atoms with Crippen molar-refractivity contribution in [2.75, 3.05) is 20.0 Å². The van der Waals surface area contributed by atoms with Gasteiger partial charge in [0.1, 0.15) is 11.5 Å². The fourth-order valence-corrected chi connectivity index (χ4v) is 3.86. The number of amides is 1. The van der Waals surface area contributed by atoms with Gasteiger partial charge in [-0.05, 0) is 36.6 Å². The molecule has 1 aromatic heterocycles. The molecule has 0 radical (unpaired) electrons. The first kappa shape index (κ1) is 17.7. The molecule has 2 aromatic rings. The van der Waals surface area contributed by atoms with Crippen LogP contribution in [0.1, 0.15) is 23.4 Å². The summed E-state index contributed by atoms with van der Waals surface area (Å²) in [5.41, 5.74) is 0.906. The molecular formula is C17H21NO3S2. The molecule has 0 spiro atoms. The number of methoxy groups -OCH3 is 2. The fourth-order valence-electron chi connectivity index (χ4n) is 2.18. The summed E-state index contributed by atoms with van der Waals surface area (Å²) in [6, 6.07) is 9.55. The highest BCUT2D eigenvalue weighted by atomic mass is 32.2. The number of hydrogen-bond acceptors (Lipinski definition) is 5. The van der Waals surface area contributed by atoms with Crippen LogP contribution in [-0.4, -0.2) is 25.9 Å². The van der Waals surface area contributed by atoms with Crippen LogP contribution in [0.4, 0.5) is 0 Å². The second kappa shape index (κ2) is 8.84. The minimum atomic E-state index is -0.144. The Bertz CT molecular complexity index is 629. The Morgan fingerprint density at radius 2 is 2.13 bits per heavy atom. The molecule has 1 amide bonds. The number of ether oxygens (including phenoxy) is 2. The summed E-state index contributed by atoms with van der Waals surface area (Å²) in [7, 11) is 3.24. The third kappa shape index (κ3) is 5.18. The Hall–Kier alpha value is -1.66. The van der Waals surface area contributed by atoms with Gasteiger partial charge in [0.15, 0.2) is 0 Å². The van der Waals surface area contributed by atoms with E-state index in [0.29, 0.717) is 5.75 Å². The fraction of sp³-hybridized carbons (Fsp3) is 0.353. The number of thiophene rings is 1. The van der Waals surface area contributed by atoms with E-state index in [1.54, 1.807) is 37.3 Å². The first-order valence-corrected chi connectivity index (χ1v) is 9.29. The van der Waals surface area contributed by atoms with Crippen molar-refractivity contribution < 1.29 is 14.3 Å². The van der Waals surface area contributed by atoms with Crippen LogP contribution in [0.15, 0.2) is 35.7 Å². The maximum atomic E-state index is 12.1. The quantitative estimate of drug-likeness (QED) is 0.784. The van der Waals surface area contributed by atoms with Crippen molar-refractivity contribution in [2.24, 2.45) is 0 Å². The average molecular weight is 351 g/mol. The summed E-state index contributed by atoms with van der Waals surface area (Å²) in [4.78, 5) is 13.4. The van der Waals surface area contributed by atoms with Crippen LogP contribution in [-0.2, 0) is 10.5 Å². The topological polar surface area (TPSA) is 47.6 Å². The van der Waals surface area contributed by atoms with Crippen LogP contribution in [0, 0.1) is 0 Å². The monoisotopic (exact) mass is 351 g/mol. The third-order valence-corrected chi connectivity index (χ3v) is 5.38. The molecule has 2 rings (SSSR count). The molecule has 0 unspecified atom stereocenters. The number of rotatable bonds is 8. The Kier molecular flexibility index (Phi) is 6.80. The molecule has 23 heavy (non-hydrogen) atoms. The largest absolute Gasteiger partial charge is 0.497 e. The predicted octanol–water partition coefficient (Wildman–Crippen LogP) is 3.88. The first-order chi connectivity index (χ1) is 11.1. The van der Waals surface area contributed by atoms with Gasteiger partial charge in [-0.15, -0.1) is 23.1 Å². The first-order valence-electron chi connectivity index (χ1n) is 7.25. The minimum absolute atomic E-state index is 0.0175. The van der Waals surface area contributed by atoms with Crippen molar-refractivity contribution in [2.45, 2.75) is 18.7 Å². The van der Waals surface area contributed by atoms with E-state index >= 15 is 0 Å². The molecule has 1 N–H and O–H groups in total. The van der Waals surface area contributed by atoms with Crippen LogP contribution in [0.25, 0.3) is 0 Å². The SMILES string of the molecule is COc1ccc(OC)c([C@@H](C)NC(=O)CSCc2cccs2)c1. The molecule has 0 aliphatic rings. The number of carbonyl (C=O) groups is 1. The van der Waals surface area contributed by atoms with Gasteiger partial charge in [-0.1, -0.05) is 6.07 Å². The van der Waals surface area contributed by atoms with Crippen LogP contribution < -0.4 is 14.8 Å². The number of nitrogens with one attached hydrogen (secondary N) is 1. The van der Waals surface area contributed by atoms with Crippen molar-refractivity contribution in [3.05, 3.63) is 46.2 Å². The molecule has 0 saturated heterocycles. The van der Waals surface area contributed by atoms with Gasteiger partial charge in [-0.25, -0.2) is 0 Å². The summed E-state index contributed by atoms with van der Waals surface area (Å²) >= 11 is 3.33. The molecule has 0 saturated carbocycles. The standard InChI is InChI=1S/C17H21NO3S2/c1-12(15-9-13(20-2)6-7-16(15)21-3)18-17(19)11-22-10-14-5-4-8-23-14/h4-9,12H,10-11H2,1-3H3,(H,18,19)/t12-/m1/s1. The van der Waals surface area contributed by atoms with E-state index in [9.17, 15) is 4.79 Å². The number of hydrogen-bond donors (Lipinski definition) is 1. The molecule has 1 aromatic carbocycles. The van der Waals surface area contributed by atoms with Gasteiger partial charge >= 0.3 is 0 Å². The smallest absolute Gasteiger partial charge is 0.230 e. The molecule has 0 bridgehead atoms. The lowest BCUT2D eigenvalue weighted by atomic mass is 10.1. The van der Waals surface area contributed by atoms with Gasteiger partial charge in [0.25, 0.3) is 0 Å². The van der Waals surface area contributed by atoms with Crippen molar-refractivity contribution in [3.63, 3.8) is 0 Å². The maximum Gasteiger partial charge on any atom is 0.230 e. The lowest BCUT2D eigenvalue weighted by molar-refractivity contribution is -0.119. The van der Waals surface area contributed by atoms with Gasteiger partial charge in [0.2, 0.25) is 5.91 Å². The zero-order chi connectivity index (χ0) is 16.7. The second-order valence-corrected chi connectivity index (χ2v) is 6.99. The predicted molar refractivity (Wildman–Crippen MR) is 96.6 cm³/mol. The van der Waals surface area contributed by atoms with E-state index in [-0.39, 0.29) is 11.9 Å². The number of carbonyl (C=O) groups excluding carboxylic acids is 1. The van der Waals surface area contributed by atoms with Crippen molar-refractivity contribution in [1.29, 1.82) is 0 Å². The van der Waals surface area contributed by atoms with Gasteiger partial charge in [0, 0.05) is 16.2 Å². The highest BCUT2D eigenvalue weighted by molar-refractivity contribution is 7.99. The summed E-state index contributed by atoms with van der Waals surface area (Å²) in [5.74, 6) is 2.80. The van der Waals surface area contributed by atoms with Crippen LogP contribution >= 0.6 is 23.1 Å². The Morgan fingerprint density at radius 1 is 1.30 bits per heavy atom. The molecule has 124 valence electrons. The zero-order valence-electron chi connectivity index (χ0n) is 13.5. The van der Waals surface area contributed by atoms with E-state index < -0.39 is 0 Å². The van der Waals surface area contributed by atoms with E-state index in [4.69, 9.17) is 9.47 Å². The van der Waals surface area contributed by atoms with E-state index in [1.165, 1.54) is 4.88 Å². The third-order valence-electron chi connectivity index (χ3n) is 3.34. The molecular weight excluding hydrogens is 330 g/mol. The van der Waals surface area contributed by atoms with Gasteiger partial charge in [-0.2, -0.15) is 0 Å². The normalized spacial score (nSPS) is 11.8. The second-order valence-electron chi connectivity index (χ2n) is 4.97. The van der Waals surface area contributed by atoms with Gasteiger partial charge in [0.05, 0.1) is 26.0 Å². The zero-order valence-corrected chi connectivity index (χ0v) is 15.1. The van der Waals surface area contributed by atoms with Crippen LogP contribution in [0.5, 0.6) is 11.5 Å². The Morgan fingerprint density at radius 3 is 2.78 bits per heavy atom. The molecule has 0 fully saturated rings. The van der Waals surface area contributed by atoms with E-state index in [2.05, 4.69) is 11.4 Å². The highest BCUT2D eigenvalue weighted by Crippen LogP contribution is 2.29. The Balaban J connectivity index is 1.90. The summed E-state index contributed by atoms with van der Waals surface area (Å²) in [6.07, 6.45) is 0. The van der Waals surface area contributed by atoms with Crippen LogP contribution in [0.3, 0.4) is 0 Å². The maximum absolute atomic E-state index is 12.1. The minimum Gasteiger partial charge on any atom is -0.497 e. The number of benzene rings is 1. The van der Waals surface area contributed by atoms with Crippen molar-refractivity contribution in [3.8, 4) is 11.5 Å². The lowest BCUT2D eigenvalue weighted by Crippen LogP contribution is -2.28. The highest BCUT2D eigenvalue weighted by Gasteiger charge is 2.15. The molecule has 1 atom stereocenters. The van der Waals surface area contributed by atoms with Crippen molar-refractivity contribution in [1.82, 2.24) is 5.32 Å². The molecule has 1 heterocycles. The lowest BCUT2D eigenvalue weighted by Gasteiger charge is -2.18. The number of thioether (sulfide) groups is 1. The van der Waals surface area contributed by atoms with Gasteiger partial charge < -0.3 is 14.8 Å². The van der Waals surface area contributed by atoms with E-state index in [1.807, 2.05) is 36.6 Å². The van der Waals surface area contributed by atoms with E-state index in [0.717, 1.165) is 22.8 Å². The van der Waals surface area contributed by atoms with Crippen LogP contribution in [0.2, 0.25) is 0 Å². The summed E-state index contributed by atoms with van der Waals surface area (Å²) < 4.78 is 10.6. The summed E-state index contributed by atoms with van der Waals surface area (Å²) in [6.45, 7) is 1.94. The average Bonchev–Trinajstić information content (AvgIpc) is 3.07. The summed E-state index contributed by atoms with van der Waals surface area (Å²) in [5, 5.41) is 5.06. The molecule has 0 aliphatic heterocycles.